The second kappa shape index (κ2) is 8.57. The van der Waals surface area contributed by atoms with E-state index in [1.165, 1.54) is 4.31 Å². The highest BCUT2D eigenvalue weighted by molar-refractivity contribution is 7.92. The van der Waals surface area contributed by atoms with E-state index in [1.807, 2.05) is 57.2 Å². The van der Waals surface area contributed by atoms with Gasteiger partial charge in [0.25, 0.3) is 0 Å². The Morgan fingerprint density at radius 1 is 1.04 bits per heavy atom. The molecule has 2 atom stereocenters. The highest BCUT2D eigenvalue weighted by atomic mass is 32.2. The van der Waals surface area contributed by atoms with Crippen LogP contribution >= 0.6 is 0 Å². The molecule has 0 aromatic heterocycles. The number of hydrogen-bond acceptors (Lipinski definition) is 3. The van der Waals surface area contributed by atoms with Gasteiger partial charge >= 0.3 is 0 Å². The van der Waals surface area contributed by atoms with Crippen LogP contribution in [0.2, 0.25) is 0 Å². The van der Waals surface area contributed by atoms with Gasteiger partial charge in [0.2, 0.25) is 15.9 Å². The highest BCUT2D eigenvalue weighted by Crippen LogP contribution is 2.22. The van der Waals surface area contributed by atoms with E-state index in [-0.39, 0.29) is 11.9 Å². The molecule has 0 aliphatic carbocycles. The van der Waals surface area contributed by atoms with Gasteiger partial charge in [-0.1, -0.05) is 48.9 Å². The lowest BCUT2D eigenvalue weighted by Gasteiger charge is -2.29. The highest BCUT2D eigenvalue weighted by Gasteiger charge is 2.29. The largest absolute Gasteiger partial charge is 0.348 e. The van der Waals surface area contributed by atoms with E-state index in [0.29, 0.717) is 5.69 Å². The predicted molar refractivity (Wildman–Crippen MR) is 110 cm³/mol. The fourth-order valence-corrected chi connectivity index (χ4v) is 4.13. The van der Waals surface area contributed by atoms with E-state index in [0.717, 1.165) is 29.4 Å². The second-order valence-electron chi connectivity index (χ2n) is 6.90. The Balaban J connectivity index is 2.22. The number of amides is 1. The third kappa shape index (κ3) is 5.32. The van der Waals surface area contributed by atoms with Crippen molar-refractivity contribution < 1.29 is 13.2 Å². The van der Waals surface area contributed by atoms with Crippen molar-refractivity contribution >= 4 is 21.6 Å². The summed E-state index contributed by atoms with van der Waals surface area (Å²) in [6, 6.07) is 14.1. The van der Waals surface area contributed by atoms with Crippen LogP contribution in [0.25, 0.3) is 0 Å². The molecular formula is C21H28N2O3S. The van der Waals surface area contributed by atoms with Crippen LogP contribution in [0.4, 0.5) is 5.69 Å². The number of carbonyl (C=O) groups excluding carboxylic acids is 1. The first-order chi connectivity index (χ1) is 12.6. The molecule has 2 aromatic rings. The number of aryl methyl sites for hydroxylation is 2. The van der Waals surface area contributed by atoms with E-state index in [9.17, 15) is 13.2 Å². The number of sulfonamides is 1. The van der Waals surface area contributed by atoms with Crippen molar-refractivity contribution in [2.24, 2.45) is 0 Å². The average molecular weight is 389 g/mol. The second-order valence-corrected chi connectivity index (χ2v) is 8.76. The molecular weight excluding hydrogens is 360 g/mol. The third-order valence-corrected chi connectivity index (χ3v) is 5.87. The quantitative estimate of drug-likeness (QED) is 0.788. The van der Waals surface area contributed by atoms with E-state index in [1.54, 1.807) is 19.1 Å². The van der Waals surface area contributed by atoms with Crippen LogP contribution < -0.4 is 9.62 Å². The Morgan fingerprint density at radius 3 is 2.07 bits per heavy atom. The summed E-state index contributed by atoms with van der Waals surface area (Å²) in [7, 11) is -3.62. The topological polar surface area (TPSA) is 66.5 Å². The summed E-state index contributed by atoms with van der Waals surface area (Å²) in [5.41, 5.74) is 3.71. The van der Waals surface area contributed by atoms with Crippen molar-refractivity contribution in [1.29, 1.82) is 0 Å². The molecule has 2 aromatic carbocycles. The summed E-state index contributed by atoms with van der Waals surface area (Å²) in [5.74, 6) is -0.340. The molecule has 0 radical (unpaired) electrons. The molecule has 0 aliphatic heterocycles. The molecule has 27 heavy (non-hydrogen) atoms. The molecule has 0 heterocycles. The summed E-state index contributed by atoms with van der Waals surface area (Å²) in [4.78, 5) is 12.8. The van der Waals surface area contributed by atoms with E-state index >= 15 is 0 Å². The number of rotatable bonds is 7. The van der Waals surface area contributed by atoms with E-state index in [2.05, 4.69) is 5.32 Å². The maximum absolute atomic E-state index is 12.8. The smallest absolute Gasteiger partial charge is 0.244 e. The molecule has 0 fully saturated rings. The molecule has 0 spiro atoms. The van der Waals surface area contributed by atoms with Gasteiger partial charge in [0.1, 0.15) is 6.04 Å². The molecule has 1 amide bonds. The maximum atomic E-state index is 12.8. The Hall–Kier alpha value is -2.34. The number of hydrogen-bond donors (Lipinski definition) is 1. The summed E-state index contributed by atoms with van der Waals surface area (Å²) >= 11 is 0. The molecule has 0 saturated carbocycles. The van der Waals surface area contributed by atoms with E-state index in [4.69, 9.17) is 0 Å². The zero-order valence-corrected chi connectivity index (χ0v) is 17.4. The summed E-state index contributed by atoms with van der Waals surface area (Å²) in [6.07, 6.45) is 1.98. The van der Waals surface area contributed by atoms with Gasteiger partial charge in [-0.25, -0.2) is 8.42 Å². The molecule has 0 aliphatic rings. The maximum Gasteiger partial charge on any atom is 0.244 e. The number of nitrogens with one attached hydrogen (secondary N) is 1. The molecule has 2 rings (SSSR count). The zero-order chi connectivity index (χ0) is 20.2. The lowest BCUT2D eigenvalue weighted by molar-refractivity contribution is -0.122. The van der Waals surface area contributed by atoms with Crippen LogP contribution in [0.1, 0.15) is 43.5 Å². The number of benzene rings is 2. The first-order valence-corrected chi connectivity index (χ1v) is 10.9. The fraction of sp³-hybridized carbons (Fsp3) is 0.381. The molecule has 0 bridgehead atoms. The minimum absolute atomic E-state index is 0.218. The van der Waals surface area contributed by atoms with Crippen LogP contribution in [0, 0.1) is 6.92 Å². The molecule has 0 saturated heterocycles. The molecule has 0 unspecified atom stereocenters. The van der Waals surface area contributed by atoms with Gasteiger partial charge in [0.15, 0.2) is 0 Å². The van der Waals surface area contributed by atoms with Crippen LogP contribution in [0.3, 0.4) is 0 Å². The van der Waals surface area contributed by atoms with Gasteiger partial charge in [-0.3, -0.25) is 9.10 Å². The lowest BCUT2D eigenvalue weighted by atomic mass is 10.1. The van der Waals surface area contributed by atoms with E-state index < -0.39 is 16.1 Å². The first kappa shape index (κ1) is 21.0. The summed E-state index contributed by atoms with van der Waals surface area (Å²) < 4.78 is 25.9. The van der Waals surface area contributed by atoms with Crippen LogP contribution in [-0.2, 0) is 21.2 Å². The van der Waals surface area contributed by atoms with Crippen molar-refractivity contribution in [3.05, 3.63) is 65.2 Å². The van der Waals surface area contributed by atoms with Crippen molar-refractivity contribution in [2.45, 2.75) is 46.2 Å². The third-order valence-electron chi connectivity index (χ3n) is 4.62. The molecule has 5 nitrogen and oxygen atoms in total. The molecule has 1 N–H and O–H groups in total. The van der Waals surface area contributed by atoms with Crippen molar-refractivity contribution in [3.63, 3.8) is 0 Å². The van der Waals surface area contributed by atoms with Gasteiger partial charge in [0, 0.05) is 0 Å². The summed E-state index contributed by atoms with van der Waals surface area (Å²) in [6.45, 7) is 7.52. The normalized spacial score (nSPS) is 13.7. The standard InChI is InChI=1S/C21H28N2O3S/c1-6-18-9-13-20(14-10-18)23(27(5,25)26)17(4)21(24)22-16(3)19-11-7-15(2)8-12-19/h7-14,16-17H,6H2,1-5H3,(H,22,24)/t16-,17-/m0/s1. The SMILES string of the molecule is CCc1ccc(N([C@@H](C)C(=O)N[C@@H](C)c2ccc(C)cc2)S(C)(=O)=O)cc1. The van der Waals surface area contributed by atoms with Gasteiger partial charge in [0.05, 0.1) is 18.0 Å². The van der Waals surface area contributed by atoms with Gasteiger partial charge in [-0.15, -0.1) is 0 Å². The Bertz CT molecular complexity index is 875. The molecule has 6 heteroatoms. The van der Waals surface area contributed by atoms with Crippen LogP contribution in [0.15, 0.2) is 48.5 Å². The van der Waals surface area contributed by atoms with Gasteiger partial charge < -0.3 is 5.32 Å². The number of anilines is 1. The lowest BCUT2D eigenvalue weighted by Crippen LogP contribution is -2.48. The van der Waals surface area contributed by atoms with Crippen molar-refractivity contribution in [2.75, 3.05) is 10.6 Å². The fourth-order valence-electron chi connectivity index (χ4n) is 2.96. The number of carbonyl (C=O) groups is 1. The van der Waals surface area contributed by atoms with Crippen LogP contribution in [0.5, 0.6) is 0 Å². The first-order valence-electron chi connectivity index (χ1n) is 9.08. The average Bonchev–Trinajstić information content (AvgIpc) is 2.61. The Kier molecular flexibility index (Phi) is 6.65. The monoisotopic (exact) mass is 388 g/mol. The van der Waals surface area contributed by atoms with Crippen molar-refractivity contribution in [3.8, 4) is 0 Å². The van der Waals surface area contributed by atoms with Gasteiger partial charge in [-0.2, -0.15) is 0 Å². The predicted octanol–water partition coefficient (Wildman–Crippen LogP) is 3.59. The minimum atomic E-state index is -3.62. The Labute approximate surface area is 162 Å². The molecule has 146 valence electrons. The number of nitrogens with zero attached hydrogens (tertiary/aromatic N) is 1. The van der Waals surface area contributed by atoms with Crippen LogP contribution in [-0.4, -0.2) is 26.6 Å². The van der Waals surface area contributed by atoms with Gasteiger partial charge in [-0.05, 0) is 50.5 Å². The Morgan fingerprint density at radius 2 is 1.59 bits per heavy atom. The zero-order valence-electron chi connectivity index (χ0n) is 16.6. The van der Waals surface area contributed by atoms with Crippen molar-refractivity contribution in [1.82, 2.24) is 5.32 Å². The summed E-state index contributed by atoms with van der Waals surface area (Å²) in [5, 5.41) is 2.92. The minimum Gasteiger partial charge on any atom is -0.348 e.